The van der Waals surface area contributed by atoms with Gasteiger partial charge in [-0.25, -0.2) is 9.80 Å². The van der Waals surface area contributed by atoms with E-state index in [1.54, 1.807) is 6.92 Å². The van der Waals surface area contributed by atoms with Crippen molar-refractivity contribution in [1.82, 2.24) is 15.8 Å². The summed E-state index contributed by atoms with van der Waals surface area (Å²) < 4.78 is 5.74. The van der Waals surface area contributed by atoms with Crippen LogP contribution < -0.4 is 10.7 Å². The second kappa shape index (κ2) is 6.21. The lowest BCUT2D eigenvalue weighted by molar-refractivity contribution is -0.140. The highest BCUT2D eigenvalue weighted by atomic mass is 16.5. The Morgan fingerprint density at radius 1 is 1.45 bits per heavy atom. The second-order valence-electron chi connectivity index (χ2n) is 5.59. The molecule has 2 rings (SSSR count). The van der Waals surface area contributed by atoms with Crippen LogP contribution >= 0.6 is 0 Å². The van der Waals surface area contributed by atoms with Crippen LogP contribution in [0.2, 0.25) is 0 Å². The van der Waals surface area contributed by atoms with E-state index in [1.165, 1.54) is 6.42 Å². The number of ether oxygens (including phenoxy) is 1. The van der Waals surface area contributed by atoms with E-state index in [-0.39, 0.29) is 12.6 Å². The fourth-order valence-electron chi connectivity index (χ4n) is 2.61. The van der Waals surface area contributed by atoms with Crippen molar-refractivity contribution >= 4 is 17.8 Å². The fourth-order valence-corrected chi connectivity index (χ4v) is 2.61. The first kappa shape index (κ1) is 14.8. The average Bonchev–Trinajstić information content (AvgIpc) is 2.67. The number of carbonyl (C=O) groups excluding carboxylic acids is 3. The summed E-state index contributed by atoms with van der Waals surface area (Å²) in [4.78, 5) is 34.3. The third kappa shape index (κ3) is 3.69. The first-order chi connectivity index (χ1) is 9.45. The number of nitrogens with zero attached hydrogens (tertiary/aromatic N) is 1. The average molecular weight is 283 g/mol. The number of imide groups is 1. The minimum absolute atomic E-state index is 0.0912. The van der Waals surface area contributed by atoms with Gasteiger partial charge in [0.15, 0.2) is 0 Å². The molecule has 2 aliphatic rings. The van der Waals surface area contributed by atoms with Gasteiger partial charge in [-0.05, 0) is 25.7 Å². The SMILES string of the molecule is C[C@@H]1CCC[C@H](O[C@@H](C)C(=O)NN2CC(=O)NC2=O)C1. The van der Waals surface area contributed by atoms with E-state index < -0.39 is 23.9 Å². The first-order valence-electron chi connectivity index (χ1n) is 7.03. The van der Waals surface area contributed by atoms with Crippen LogP contribution in [-0.2, 0) is 14.3 Å². The molecule has 0 aromatic heterocycles. The molecular formula is C13H21N3O4. The maximum atomic E-state index is 11.9. The molecule has 0 unspecified atom stereocenters. The number of hydrogen-bond donors (Lipinski definition) is 2. The number of amides is 4. The van der Waals surface area contributed by atoms with Crippen molar-refractivity contribution in [2.24, 2.45) is 5.92 Å². The number of carbonyl (C=O) groups is 3. The number of nitrogens with one attached hydrogen (secondary N) is 2. The predicted molar refractivity (Wildman–Crippen MR) is 70.4 cm³/mol. The van der Waals surface area contributed by atoms with E-state index in [0.717, 1.165) is 24.3 Å². The molecule has 1 heterocycles. The lowest BCUT2D eigenvalue weighted by Crippen LogP contribution is -2.48. The quantitative estimate of drug-likeness (QED) is 0.738. The summed E-state index contributed by atoms with van der Waals surface area (Å²) in [6.45, 7) is 3.68. The van der Waals surface area contributed by atoms with Crippen LogP contribution in [0.4, 0.5) is 4.79 Å². The molecule has 7 heteroatoms. The molecule has 4 amide bonds. The van der Waals surface area contributed by atoms with Gasteiger partial charge in [0, 0.05) is 0 Å². The number of hydrogen-bond acceptors (Lipinski definition) is 4. The highest BCUT2D eigenvalue weighted by Gasteiger charge is 2.30. The lowest BCUT2D eigenvalue weighted by Gasteiger charge is -2.29. The fraction of sp³-hybridized carbons (Fsp3) is 0.769. The maximum absolute atomic E-state index is 11.9. The largest absolute Gasteiger partial charge is 0.365 e. The summed E-state index contributed by atoms with van der Waals surface area (Å²) in [6, 6.07) is -0.609. The van der Waals surface area contributed by atoms with Gasteiger partial charge in [-0.2, -0.15) is 0 Å². The molecular weight excluding hydrogens is 262 g/mol. The third-order valence-corrected chi connectivity index (χ3v) is 3.69. The van der Waals surface area contributed by atoms with Crippen LogP contribution in [0, 0.1) is 5.92 Å². The Hall–Kier alpha value is -1.63. The summed E-state index contributed by atoms with van der Waals surface area (Å²) in [5.74, 6) is -0.218. The molecule has 1 saturated heterocycles. The molecule has 2 N–H and O–H groups in total. The monoisotopic (exact) mass is 283 g/mol. The zero-order valence-corrected chi connectivity index (χ0v) is 11.8. The summed E-state index contributed by atoms with van der Waals surface area (Å²) in [6.07, 6.45) is 3.69. The summed E-state index contributed by atoms with van der Waals surface area (Å²) in [7, 11) is 0. The van der Waals surface area contributed by atoms with Gasteiger partial charge in [-0.3, -0.25) is 20.3 Å². The molecule has 20 heavy (non-hydrogen) atoms. The van der Waals surface area contributed by atoms with Gasteiger partial charge in [0.2, 0.25) is 5.91 Å². The molecule has 1 aliphatic carbocycles. The number of hydrazine groups is 1. The summed E-state index contributed by atoms with van der Waals surface area (Å²) in [5.41, 5.74) is 2.40. The zero-order chi connectivity index (χ0) is 14.7. The number of urea groups is 1. The van der Waals surface area contributed by atoms with Crippen LogP contribution in [0.25, 0.3) is 0 Å². The molecule has 0 aromatic carbocycles. The van der Waals surface area contributed by atoms with Gasteiger partial charge in [0.05, 0.1) is 6.10 Å². The van der Waals surface area contributed by atoms with Gasteiger partial charge < -0.3 is 4.74 Å². The van der Waals surface area contributed by atoms with Crippen molar-refractivity contribution in [3.63, 3.8) is 0 Å². The van der Waals surface area contributed by atoms with Crippen molar-refractivity contribution in [1.29, 1.82) is 0 Å². The van der Waals surface area contributed by atoms with Gasteiger partial charge in [-0.1, -0.05) is 19.8 Å². The number of rotatable bonds is 4. The minimum atomic E-state index is -0.645. The molecule has 1 aliphatic heterocycles. The Morgan fingerprint density at radius 2 is 2.20 bits per heavy atom. The molecule has 0 spiro atoms. The van der Waals surface area contributed by atoms with Crippen LogP contribution in [0.5, 0.6) is 0 Å². The third-order valence-electron chi connectivity index (χ3n) is 3.69. The van der Waals surface area contributed by atoms with Crippen molar-refractivity contribution < 1.29 is 19.1 Å². The summed E-state index contributed by atoms with van der Waals surface area (Å²) >= 11 is 0. The molecule has 1 saturated carbocycles. The highest BCUT2D eigenvalue weighted by molar-refractivity contribution is 6.02. The minimum Gasteiger partial charge on any atom is -0.365 e. The normalized spacial score (nSPS) is 28.2. The van der Waals surface area contributed by atoms with Crippen LogP contribution in [-0.4, -0.2) is 41.6 Å². The molecule has 2 fully saturated rings. The lowest BCUT2D eigenvalue weighted by atomic mass is 9.88. The van der Waals surface area contributed by atoms with Gasteiger partial charge >= 0.3 is 6.03 Å². The zero-order valence-electron chi connectivity index (χ0n) is 11.8. The van der Waals surface area contributed by atoms with Crippen LogP contribution in [0.3, 0.4) is 0 Å². The van der Waals surface area contributed by atoms with Crippen molar-refractivity contribution in [2.45, 2.75) is 51.7 Å². The Kier molecular flexibility index (Phi) is 4.59. The molecule has 112 valence electrons. The predicted octanol–water partition coefficient (Wildman–Crippen LogP) is 0.553. The standard InChI is InChI=1S/C13H21N3O4/c1-8-4-3-5-10(6-8)20-9(2)12(18)15-16-7-11(17)14-13(16)19/h8-10H,3-7H2,1-2H3,(H,15,18)(H,14,17,19)/t8-,9+,10+/m1/s1. The van der Waals surface area contributed by atoms with E-state index in [9.17, 15) is 14.4 Å². The van der Waals surface area contributed by atoms with Crippen molar-refractivity contribution in [3.8, 4) is 0 Å². The maximum Gasteiger partial charge on any atom is 0.343 e. The molecule has 0 bridgehead atoms. The molecule has 0 radical (unpaired) electrons. The molecule has 7 nitrogen and oxygen atoms in total. The van der Waals surface area contributed by atoms with Crippen LogP contribution in [0.1, 0.15) is 39.5 Å². The van der Waals surface area contributed by atoms with Crippen molar-refractivity contribution in [3.05, 3.63) is 0 Å². The molecule has 3 atom stereocenters. The van der Waals surface area contributed by atoms with E-state index in [1.807, 2.05) is 0 Å². The van der Waals surface area contributed by atoms with Crippen molar-refractivity contribution in [2.75, 3.05) is 6.54 Å². The summed E-state index contributed by atoms with van der Waals surface area (Å²) in [5, 5.41) is 3.06. The Labute approximate surface area is 118 Å². The Bertz CT molecular complexity index is 412. The Morgan fingerprint density at radius 3 is 2.80 bits per heavy atom. The van der Waals surface area contributed by atoms with E-state index in [4.69, 9.17) is 4.74 Å². The van der Waals surface area contributed by atoms with E-state index >= 15 is 0 Å². The highest BCUT2D eigenvalue weighted by Crippen LogP contribution is 2.26. The van der Waals surface area contributed by atoms with Crippen LogP contribution in [0.15, 0.2) is 0 Å². The smallest absolute Gasteiger partial charge is 0.343 e. The van der Waals surface area contributed by atoms with E-state index in [2.05, 4.69) is 17.7 Å². The molecule has 0 aromatic rings. The van der Waals surface area contributed by atoms with E-state index in [0.29, 0.717) is 5.92 Å². The first-order valence-corrected chi connectivity index (χ1v) is 7.03. The van der Waals surface area contributed by atoms with Gasteiger partial charge in [0.1, 0.15) is 12.6 Å². The topological polar surface area (TPSA) is 87.7 Å². The Balaban J connectivity index is 1.80. The second-order valence-corrected chi connectivity index (χ2v) is 5.59. The van der Waals surface area contributed by atoms with Gasteiger partial charge in [-0.15, -0.1) is 0 Å². The van der Waals surface area contributed by atoms with Gasteiger partial charge in [0.25, 0.3) is 5.91 Å².